The van der Waals surface area contributed by atoms with E-state index in [2.05, 4.69) is 20.8 Å². The van der Waals surface area contributed by atoms with Gasteiger partial charge in [-0.15, -0.1) is 0 Å². The average Bonchev–Trinajstić information content (AvgIpc) is 2.53. The SMILES string of the molecule is CC1=C(/C=C/C(=O)/C=C(O)/C=C/c2ccccc2)C(C)(C)CCC1. The van der Waals surface area contributed by atoms with Crippen LogP contribution in [-0.4, -0.2) is 10.9 Å². The van der Waals surface area contributed by atoms with Crippen molar-refractivity contribution >= 4 is 11.9 Å². The van der Waals surface area contributed by atoms with Crippen molar-refractivity contribution in [1.29, 1.82) is 0 Å². The predicted molar refractivity (Wildman–Crippen MR) is 101 cm³/mol. The van der Waals surface area contributed by atoms with Crippen LogP contribution >= 0.6 is 0 Å². The molecule has 0 saturated carbocycles. The van der Waals surface area contributed by atoms with E-state index < -0.39 is 0 Å². The number of aliphatic hydroxyl groups excluding tert-OH is 1. The first-order chi connectivity index (χ1) is 11.4. The number of hydrogen-bond donors (Lipinski definition) is 1. The molecule has 0 spiro atoms. The van der Waals surface area contributed by atoms with Gasteiger partial charge in [0.05, 0.1) is 0 Å². The second-order valence-electron chi connectivity index (χ2n) is 6.98. The molecule has 0 bridgehead atoms. The van der Waals surface area contributed by atoms with Crippen LogP contribution in [0.15, 0.2) is 71.5 Å². The minimum atomic E-state index is -0.202. The lowest BCUT2D eigenvalue weighted by molar-refractivity contribution is -0.110. The van der Waals surface area contributed by atoms with Crippen molar-refractivity contribution in [2.75, 3.05) is 0 Å². The molecule has 0 saturated heterocycles. The fraction of sp³-hybridized carbons (Fsp3) is 0.318. The summed E-state index contributed by atoms with van der Waals surface area (Å²) in [5.74, 6) is -0.242. The van der Waals surface area contributed by atoms with Crippen LogP contribution in [0.2, 0.25) is 0 Å². The van der Waals surface area contributed by atoms with Gasteiger partial charge in [0.25, 0.3) is 0 Å². The van der Waals surface area contributed by atoms with Gasteiger partial charge >= 0.3 is 0 Å². The van der Waals surface area contributed by atoms with Crippen molar-refractivity contribution in [2.24, 2.45) is 5.41 Å². The molecular weight excluding hydrogens is 296 g/mol. The molecule has 0 fully saturated rings. The van der Waals surface area contributed by atoms with Gasteiger partial charge in [0.2, 0.25) is 0 Å². The zero-order chi connectivity index (χ0) is 17.6. The van der Waals surface area contributed by atoms with Crippen LogP contribution in [0.1, 0.15) is 45.6 Å². The molecule has 1 N–H and O–H groups in total. The molecule has 0 amide bonds. The molecule has 0 radical (unpaired) electrons. The number of carbonyl (C=O) groups excluding carboxylic acids is 1. The van der Waals surface area contributed by atoms with E-state index in [0.717, 1.165) is 18.4 Å². The monoisotopic (exact) mass is 322 g/mol. The van der Waals surface area contributed by atoms with Crippen molar-refractivity contribution in [2.45, 2.75) is 40.0 Å². The van der Waals surface area contributed by atoms with Gasteiger partial charge in [-0.1, -0.05) is 61.9 Å². The maximum Gasteiger partial charge on any atom is 0.182 e. The van der Waals surface area contributed by atoms with Crippen molar-refractivity contribution in [3.8, 4) is 0 Å². The fourth-order valence-corrected chi connectivity index (χ4v) is 3.16. The highest BCUT2D eigenvalue weighted by atomic mass is 16.3. The van der Waals surface area contributed by atoms with Gasteiger partial charge in [-0.3, -0.25) is 4.79 Å². The van der Waals surface area contributed by atoms with Crippen molar-refractivity contribution in [3.63, 3.8) is 0 Å². The highest BCUT2D eigenvalue weighted by Gasteiger charge is 2.26. The molecule has 2 rings (SSSR count). The van der Waals surface area contributed by atoms with E-state index in [1.54, 1.807) is 12.2 Å². The first kappa shape index (κ1) is 18.0. The lowest BCUT2D eigenvalue weighted by Gasteiger charge is -2.32. The summed E-state index contributed by atoms with van der Waals surface area (Å²) in [5, 5.41) is 9.88. The Morgan fingerprint density at radius 2 is 1.83 bits per heavy atom. The van der Waals surface area contributed by atoms with Crippen molar-refractivity contribution in [1.82, 2.24) is 0 Å². The standard InChI is InChI=1S/C22H26O2/c1-17-8-7-15-22(2,3)21(17)14-13-20(24)16-19(23)12-11-18-9-5-4-6-10-18/h4-6,9-14,16,23H,7-8,15H2,1-3H3/b12-11+,14-13+,19-16-. The Bertz CT molecular complexity index is 701. The molecule has 0 aromatic heterocycles. The van der Waals surface area contributed by atoms with Crippen molar-refractivity contribution in [3.05, 3.63) is 77.1 Å². The van der Waals surface area contributed by atoms with Crippen LogP contribution in [0.4, 0.5) is 0 Å². The minimum Gasteiger partial charge on any atom is -0.508 e. The van der Waals surface area contributed by atoms with E-state index in [-0.39, 0.29) is 17.0 Å². The van der Waals surface area contributed by atoms with Gasteiger partial charge in [0, 0.05) is 6.08 Å². The molecule has 0 heterocycles. The third-order valence-corrected chi connectivity index (χ3v) is 4.49. The predicted octanol–water partition coefficient (Wildman–Crippen LogP) is 5.79. The van der Waals surface area contributed by atoms with Crippen LogP contribution < -0.4 is 0 Å². The molecular formula is C22H26O2. The first-order valence-corrected chi connectivity index (χ1v) is 8.44. The van der Waals surface area contributed by atoms with Gasteiger partial charge < -0.3 is 5.11 Å². The summed E-state index contributed by atoms with van der Waals surface area (Å²) in [6.07, 6.45) is 11.5. The normalized spacial score (nSPS) is 18.5. The molecule has 0 atom stereocenters. The van der Waals surface area contributed by atoms with Gasteiger partial charge in [0.1, 0.15) is 5.76 Å². The second-order valence-corrected chi connectivity index (χ2v) is 6.98. The molecule has 126 valence electrons. The largest absolute Gasteiger partial charge is 0.508 e. The number of aliphatic hydroxyl groups is 1. The summed E-state index contributed by atoms with van der Waals surface area (Å²) in [5.41, 5.74) is 3.69. The maximum atomic E-state index is 12.0. The number of rotatable bonds is 5. The first-order valence-electron chi connectivity index (χ1n) is 8.44. The van der Waals surface area contributed by atoms with E-state index in [4.69, 9.17) is 0 Å². The van der Waals surface area contributed by atoms with Crippen LogP contribution in [-0.2, 0) is 4.79 Å². The Labute approximate surface area is 144 Å². The summed E-state index contributed by atoms with van der Waals surface area (Å²) >= 11 is 0. The molecule has 1 aromatic carbocycles. The quantitative estimate of drug-likeness (QED) is 0.423. The zero-order valence-electron chi connectivity index (χ0n) is 14.8. The summed E-state index contributed by atoms with van der Waals surface area (Å²) < 4.78 is 0. The van der Waals surface area contributed by atoms with E-state index in [1.807, 2.05) is 36.4 Å². The number of allylic oxidation sites excluding steroid dienone is 6. The lowest BCUT2D eigenvalue weighted by Crippen LogP contribution is -2.19. The van der Waals surface area contributed by atoms with E-state index in [1.165, 1.54) is 29.7 Å². The molecule has 1 aliphatic carbocycles. The second kappa shape index (κ2) is 7.96. The Kier molecular flexibility index (Phi) is 5.97. The third-order valence-electron chi connectivity index (χ3n) is 4.49. The number of ketones is 1. The highest BCUT2D eigenvalue weighted by molar-refractivity contribution is 6.00. The fourth-order valence-electron chi connectivity index (χ4n) is 3.16. The number of benzene rings is 1. The highest BCUT2D eigenvalue weighted by Crippen LogP contribution is 2.40. The maximum absolute atomic E-state index is 12.0. The van der Waals surface area contributed by atoms with Gasteiger partial charge in [-0.2, -0.15) is 0 Å². The average molecular weight is 322 g/mol. The molecule has 2 heteroatoms. The summed E-state index contributed by atoms with van der Waals surface area (Å²) in [7, 11) is 0. The van der Waals surface area contributed by atoms with E-state index in [0.29, 0.717) is 0 Å². The van der Waals surface area contributed by atoms with E-state index in [9.17, 15) is 9.90 Å². The van der Waals surface area contributed by atoms with Gasteiger partial charge in [0.15, 0.2) is 5.78 Å². The van der Waals surface area contributed by atoms with Crippen LogP contribution in [0.3, 0.4) is 0 Å². The van der Waals surface area contributed by atoms with Crippen LogP contribution in [0.5, 0.6) is 0 Å². The van der Waals surface area contributed by atoms with E-state index >= 15 is 0 Å². The third kappa shape index (κ3) is 5.09. The Balaban J connectivity index is 2.05. The minimum absolute atomic E-state index is 0.0397. The Morgan fingerprint density at radius 3 is 2.50 bits per heavy atom. The molecule has 0 aliphatic heterocycles. The molecule has 1 aliphatic rings. The smallest absolute Gasteiger partial charge is 0.182 e. The summed E-state index contributed by atoms with van der Waals surface area (Å²) in [6, 6.07) is 9.66. The molecule has 0 unspecified atom stereocenters. The molecule has 1 aromatic rings. The topological polar surface area (TPSA) is 37.3 Å². The zero-order valence-corrected chi connectivity index (χ0v) is 14.8. The summed E-state index contributed by atoms with van der Waals surface area (Å²) in [6.45, 7) is 6.58. The van der Waals surface area contributed by atoms with Gasteiger partial charge in [-0.05, 0) is 54.9 Å². The van der Waals surface area contributed by atoms with Crippen LogP contribution in [0, 0.1) is 5.41 Å². The number of hydrogen-bond acceptors (Lipinski definition) is 2. The molecule has 2 nitrogen and oxygen atoms in total. The number of carbonyl (C=O) groups is 1. The Hall–Kier alpha value is -2.35. The Morgan fingerprint density at radius 1 is 1.12 bits per heavy atom. The van der Waals surface area contributed by atoms with Crippen molar-refractivity contribution < 1.29 is 9.90 Å². The van der Waals surface area contributed by atoms with Crippen LogP contribution in [0.25, 0.3) is 6.08 Å². The van der Waals surface area contributed by atoms with Gasteiger partial charge in [-0.25, -0.2) is 0 Å². The lowest BCUT2D eigenvalue weighted by atomic mass is 9.72. The molecule has 24 heavy (non-hydrogen) atoms. The summed E-state index contributed by atoms with van der Waals surface area (Å²) in [4.78, 5) is 12.0.